The molecule has 1 aliphatic heterocycles. The van der Waals surface area contributed by atoms with Gasteiger partial charge in [0, 0.05) is 23.7 Å². The third-order valence-electron chi connectivity index (χ3n) is 3.94. The Morgan fingerprint density at radius 2 is 2.20 bits per heavy atom. The molecule has 1 atom stereocenters. The third-order valence-corrected chi connectivity index (χ3v) is 3.94. The Kier molecular flexibility index (Phi) is 2.69. The summed E-state index contributed by atoms with van der Waals surface area (Å²) in [5.41, 5.74) is 3.56. The summed E-state index contributed by atoms with van der Waals surface area (Å²) in [5.74, 6) is 1.58. The second-order valence-electron chi connectivity index (χ2n) is 5.45. The van der Waals surface area contributed by atoms with Crippen LogP contribution in [0.15, 0.2) is 48.8 Å². The Labute approximate surface area is 117 Å². The summed E-state index contributed by atoms with van der Waals surface area (Å²) >= 11 is 0. The molecular weight excluding hydrogens is 248 g/mol. The molecule has 100 valence electrons. The van der Waals surface area contributed by atoms with E-state index >= 15 is 0 Å². The highest BCUT2D eigenvalue weighted by atomic mass is 16.5. The molecule has 2 aromatic heterocycles. The number of fused-ring (bicyclic) bond motifs is 2. The normalized spacial score (nSPS) is 17.7. The van der Waals surface area contributed by atoms with Crippen LogP contribution in [0.4, 0.5) is 0 Å². The van der Waals surface area contributed by atoms with Crippen LogP contribution in [-0.2, 0) is 12.8 Å². The van der Waals surface area contributed by atoms with Gasteiger partial charge >= 0.3 is 0 Å². The molecule has 1 aromatic carbocycles. The summed E-state index contributed by atoms with van der Waals surface area (Å²) in [7, 11) is 0. The number of nitrogens with zero attached hydrogens (tertiary/aromatic N) is 1. The molecule has 0 amide bonds. The van der Waals surface area contributed by atoms with Crippen LogP contribution in [0.2, 0.25) is 0 Å². The average Bonchev–Trinajstić information content (AvgIpc) is 2.95. The number of ether oxygens (including phenoxy) is 1. The van der Waals surface area contributed by atoms with E-state index < -0.39 is 0 Å². The largest absolute Gasteiger partial charge is 0.493 e. The molecule has 0 unspecified atom stereocenters. The van der Waals surface area contributed by atoms with Crippen molar-refractivity contribution in [3.63, 3.8) is 0 Å². The molecule has 0 saturated heterocycles. The Morgan fingerprint density at radius 3 is 3.20 bits per heavy atom. The zero-order valence-corrected chi connectivity index (χ0v) is 11.2. The number of aromatic amines is 1. The van der Waals surface area contributed by atoms with Crippen molar-refractivity contribution < 1.29 is 4.74 Å². The highest BCUT2D eigenvalue weighted by Gasteiger charge is 2.19. The fraction of sp³-hybridized carbons (Fsp3) is 0.235. The van der Waals surface area contributed by atoms with Gasteiger partial charge in [-0.2, -0.15) is 0 Å². The summed E-state index contributed by atoms with van der Waals surface area (Å²) in [6.45, 7) is 0.794. The maximum absolute atomic E-state index is 5.85. The topological polar surface area (TPSA) is 37.9 Å². The minimum atomic E-state index is 0.531. The molecule has 3 nitrogen and oxygen atoms in total. The van der Waals surface area contributed by atoms with Gasteiger partial charge in [-0.3, -0.25) is 0 Å². The van der Waals surface area contributed by atoms with Crippen LogP contribution in [-0.4, -0.2) is 16.6 Å². The first-order valence-corrected chi connectivity index (χ1v) is 7.01. The highest BCUT2D eigenvalue weighted by molar-refractivity contribution is 5.75. The van der Waals surface area contributed by atoms with Gasteiger partial charge in [0.25, 0.3) is 0 Å². The van der Waals surface area contributed by atoms with Gasteiger partial charge in [-0.1, -0.05) is 18.2 Å². The molecule has 3 heterocycles. The molecule has 0 spiro atoms. The predicted molar refractivity (Wildman–Crippen MR) is 78.9 cm³/mol. The van der Waals surface area contributed by atoms with Crippen LogP contribution in [0.25, 0.3) is 11.0 Å². The summed E-state index contributed by atoms with van der Waals surface area (Å²) in [5, 5.41) is 1.18. The third kappa shape index (κ3) is 2.05. The van der Waals surface area contributed by atoms with Gasteiger partial charge in [-0.05, 0) is 42.2 Å². The molecule has 0 aliphatic carbocycles. The maximum atomic E-state index is 5.85. The molecule has 4 rings (SSSR count). The van der Waals surface area contributed by atoms with E-state index in [0.717, 1.165) is 30.8 Å². The van der Waals surface area contributed by atoms with Gasteiger partial charge in [-0.15, -0.1) is 0 Å². The monoisotopic (exact) mass is 264 g/mol. The Bertz CT molecular complexity index is 747. The van der Waals surface area contributed by atoms with E-state index in [1.165, 1.54) is 16.5 Å². The smallest absolute Gasteiger partial charge is 0.137 e. The minimum absolute atomic E-state index is 0.531. The Morgan fingerprint density at radius 1 is 1.25 bits per heavy atom. The fourth-order valence-electron chi connectivity index (χ4n) is 2.95. The van der Waals surface area contributed by atoms with E-state index in [2.05, 4.69) is 40.3 Å². The second-order valence-corrected chi connectivity index (χ2v) is 5.45. The molecule has 20 heavy (non-hydrogen) atoms. The van der Waals surface area contributed by atoms with E-state index in [9.17, 15) is 0 Å². The molecule has 3 heteroatoms. The van der Waals surface area contributed by atoms with Gasteiger partial charge in [0.05, 0.1) is 6.61 Å². The van der Waals surface area contributed by atoms with E-state index in [1.54, 1.807) is 0 Å². The standard InChI is InChI=1S/C17H16N2O/c1-2-4-16-14(3-1)9-13(11-20-16)7-12-8-15-5-6-18-17(15)19-10-12/h1-6,8,10,13H,7,9,11H2,(H,18,19)/t13-/m0/s1. The number of benzene rings is 1. The zero-order valence-electron chi connectivity index (χ0n) is 11.2. The van der Waals surface area contributed by atoms with Gasteiger partial charge in [-0.25, -0.2) is 4.98 Å². The van der Waals surface area contributed by atoms with Crippen molar-refractivity contribution in [2.75, 3.05) is 6.61 Å². The Hall–Kier alpha value is -2.29. The van der Waals surface area contributed by atoms with Gasteiger partial charge in [0.2, 0.25) is 0 Å². The first-order valence-electron chi connectivity index (χ1n) is 7.01. The highest BCUT2D eigenvalue weighted by Crippen LogP contribution is 2.28. The molecule has 1 aliphatic rings. The molecule has 0 fully saturated rings. The van der Waals surface area contributed by atoms with E-state index in [1.807, 2.05) is 18.5 Å². The zero-order chi connectivity index (χ0) is 13.4. The molecule has 0 saturated carbocycles. The van der Waals surface area contributed by atoms with E-state index in [-0.39, 0.29) is 0 Å². The van der Waals surface area contributed by atoms with Crippen molar-refractivity contribution in [3.8, 4) is 5.75 Å². The number of H-pyrrole nitrogens is 1. The van der Waals surface area contributed by atoms with Crippen molar-refractivity contribution >= 4 is 11.0 Å². The fourth-order valence-corrected chi connectivity index (χ4v) is 2.95. The maximum Gasteiger partial charge on any atom is 0.137 e. The lowest BCUT2D eigenvalue weighted by Gasteiger charge is -2.25. The molecular formula is C17H16N2O. The summed E-state index contributed by atoms with van der Waals surface area (Å²) < 4.78 is 5.85. The lowest BCUT2D eigenvalue weighted by atomic mass is 9.91. The van der Waals surface area contributed by atoms with E-state index in [0.29, 0.717) is 5.92 Å². The van der Waals surface area contributed by atoms with Crippen molar-refractivity contribution in [2.24, 2.45) is 5.92 Å². The number of para-hydroxylation sites is 1. The van der Waals surface area contributed by atoms with Crippen molar-refractivity contribution in [2.45, 2.75) is 12.8 Å². The second kappa shape index (κ2) is 4.67. The number of rotatable bonds is 2. The summed E-state index contributed by atoms with van der Waals surface area (Å²) in [6, 6.07) is 12.6. The van der Waals surface area contributed by atoms with Crippen LogP contribution in [0.5, 0.6) is 5.75 Å². The lowest BCUT2D eigenvalue weighted by molar-refractivity contribution is 0.221. The molecule has 1 N–H and O–H groups in total. The van der Waals surface area contributed by atoms with Gasteiger partial charge < -0.3 is 9.72 Å². The van der Waals surface area contributed by atoms with Gasteiger partial charge in [0.15, 0.2) is 0 Å². The first-order chi connectivity index (χ1) is 9.88. The first kappa shape index (κ1) is 11.5. The molecule has 0 bridgehead atoms. The predicted octanol–water partition coefficient (Wildman–Crippen LogP) is 3.36. The molecule has 0 radical (unpaired) electrons. The van der Waals surface area contributed by atoms with Crippen LogP contribution in [0, 0.1) is 5.92 Å². The summed E-state index contributed by atoms with van der Waals surface area (Å²) in [6.07, 6.45) is 6.00. The lowest BCUT2D eigenvalue weighted by Crippen LogP contribution is -2.22. The van der Waals surface area contributed by atoms with Crippen molar-refractivity contribution in [3.05, 3.63) is 59.9 Å². The minimum Gasteiger partial charge on any atom is -0.493 e. The number of hydrogen-bond acceptors (Lipinski definition) is 2. The van der Waals surface area contributed by atoms with Crippen molar-refractivity contribution in [1.82, 2.24) is 9.97 Å². The number of aromatic nitrogens is 2. The Balaban J connectivity index is 1.55. The quantitative estimate of drug-likeness (QED) is 0.770. The molecule has 3 aromatic rings. The number of pyridine rings is 1. The van der Waals surface area contributed by atoms with Crippen LogP contribution >= 0.6 is 0 Å². The SMILES string of the molecule is c1ccc2c(c1)C[C@H](Cc1cnc3[nH]ccc3c1)CO2. The van der Waals surface area contributed by atoms with Gasteiger partial charge in [0.1, 0.15) is 11.4 Å². The van der Waals surface area contributed by atoms with Crippen LogP contribution in [0.3, 0.4) is 0 Å². The summed E-state index contributed by atoms with van der Waals surface area (Å²) in [4.78, 5) is 7.58. The van der Waals surface area contributed by atoms with Crippen LogP contribution < -0.4 is 4.74 Å². The number of nitrogens with one attached hydrogen (secondary N) is 1. The number of hydrogen-bond donors (Lipinski definition) is 1. The van der Waals surface area contributed by atoms with Crippen molar-refractivity contribution in [1.29, 1.82) is 0 Å². The van der Waals surface area contributed by atoms with Crippen LogP contribution in [0.1, 0.15) is 11.1 Å². The average molecular weight is 264 g/mol. The van der Waals surface area contributed by atoms with E-state index in [4.69, 9.17) is 4.74 Å².